The summed E-state index contributed by atoms with van der Waals surface area (Å²) in [4.78, 5) is 22.9. The van der Waals surface area contributed by atoms with E-state index < -0.39 is 34.3 Å². The number of rotatable bonds is 3. The third-order valence-electron chi connectivity index (χ3n) is 1.55. The van der Waals surface area contributed by atoms with Gasteiger partial charge in [0.15, 0.2) is 5.56 Å². The Morgan fingerprint density at radius 1 is 1.60 bits per heavy atom. The molecule has 0 aliphatic carbocycles. The largest absolute Gasteiger partial charge is 0.477 e. The van der Waals surface area contributed by atoms with Crippen molar-refractivity contribution in [2.75, 3.05) is 0 Å². The molecule has 0 aliphatic heterocycles. The van der Waals surface area contributed by atoms with E-state index in [0.29, 0.717) is 12.3 Å². The van der Waals surface area contributed by atoms with Crippen LogP contribution in [0.5, 0.6) is 0 Å². The van der Waals surface area contributed by atoms with E-state index in [-0.39, 0.29) is 0 Å². The summed E-state index contributed by atoms with van der Waals surface area (Å²) >= 11 is 0. The number of hydrogen-bond acceptors (Lipinski definition) is 4. The molecule has 6 nitrogen and oxygen atoms in total. The average molecular weight is 218 g/mol. The normalized spacial score (nSPS) is 10.3. The lowest BCUT2D eigenvalue weighted by molar-refractivity contribution is -0.385. The molecule has 1 N–H and O–H groups in total. The average Bonchev–Trinajstić information content (AvgIpc) is 2.16. The summed E-state index contributed by atoms with van der Waals surface area (Å²) in [5.41, 5.74) is -2.44. The first-order chi connectivity index (χ1) is 6.93. The first-order valence-electron chi connectivity index (χ1n) is 3.59. The fourth-order valence-electron chi connectivity index (χ4n) is 0.895. The van der Waals surface area contributed by atoms with Crippen molar-refractivity contribution in [3.05, 3.63) is 33.6 Å². The zero-order valence-electron chi connectivity index (χ0n) is 7.05. The van der Waals surface area contributed by atoms with E-state index in [0.717, 1.165) is 0 Å². The SMILES string of the molecule is O=C(O)c1cnc(C(F)F)cc1[N+](=O)[O-]. The lowest BCUT2D eigenvalue weighted by atomic mass is 10.2. The Hall–Kier alpha value is -2.12. The highest BCUT2D eigenvalue weighted by molar-refractivity contribution is 5.91. The van der Waals surface area contributed by atoms with Gasteiger partial charge >= 0.3 is 5.97 Å². The molecule has 0 fully saturated rings. The summed E-state index contributed by atoms with van der Waals surface area (Å²) in [6.07, 6.45) is -2.44. The summed E-state index contributed by atoms with van der Waals surface area (Å²) in [6, 6.07) is 0.452. The molecule has 0 aliphatic rings. The van der Waals surface area contributed by atoms with Crippen molar-refractivity contribution in [3.63, 3.8) is 0 Å². The van der Waals surface area contributed by atoms with Crippen LogP contribution in [0.1, 0.15) is 22.5 Å². The standard InChI is InChI=1S/C7H4F2N2O4/c8-6(9)4-1-5(11(14)15)3(2-10-4)7(12)13/h1-2,6H,(H,12,13). The Balaban J connectivity index is 3.33. The van der Waals surface area contributed by atoms with E-state index in [2.05, 4.69) is 4.98 Å². The van der Waals surface area contributed by atoms with Crippen LogP contribution >= 0.6 is 0 Å². The predicted octanol–water partition coefficient (Wildman–Crippen LogP) is 1.63. The van der Waals surface area contributed by atoms with Crippen LogP contribution in [0.25, 0.3) is 0 Å². The van der Waals surface area contributed by atoms with Gasteiger partial charge in [-0.3, -0.25) is 15.1 Å². The van der Waals surface area contributed by atoms with E-state index in [1.165, 1.54) is 0 Å². The van der Waals surface area contributed by atoms with Crippen LogP contribution in [0.4, 0.5) is 14.5 Å². The van der Waals surface area contributed by atoms with E-state index in [9.17, 15) is 23.7 Å². The third-order valence-corrected chi connectivity index (χ3v) is 1.55. The number of carbonyl (C=O) groups is 1. The summed E-state index contributed by atoms with van der Waals surface area (Å²) in [5, 5.41) is 18.9. The Morgan fingerprint density at radius 2 is 2.20 bits per heavy atom. The Kier molecular flexibility index (Phi) is 2.88. The number of nitrogens with zero attached hydrogens (tertiary/aromatic N) is 2. The van der Waals surface area contributed by atoms with Gasteiger partial charge in [-0.15, -0.1) is 0 Å². The van der Waals surface area contributed by atoms with Gasteiger partial charge in [0.05, 0.1) is 4.92 Å². The molecule has 0 amide bonds. The van der Waals surface area contributed by atoms with E-state index in [1.807, 2.05) is 0 Å². The van der Waals surface area contributed by atoms with Crippen molar-refractivity contribution in [2.24, 2.45) is 0 Å². The number of halogens is 2. The lowest BCUT2D eigenvalue weighted by Crippen LogP contribution is -2.05. The number of alkyl halides is 2. The molecule has 0 saturated heterocycles. The van der Waals surface area contributed by atoms with Crippen LogP contribution in [-0.2, 0) is 0 Å². The van der Waals surface area contributed by atoms with Crippen molar-refractivity contribution >= 4 is 11.7 Å². The lowest BCUT2D eigenvalue weighted by Gasteiger charge is -2.00. The maximum atomic E-state index is 12.1. The first kappa shape index (κ1) is 11.0. The molecule has 0 spiro atoms. The minimum Gasteiger partial charge on any atom is -0.477 e. The number of carboxylic acids is 1. The fourth-order valence-corrected chi connectivity index (χ4v) is 0.895. The Morgan fingerprint density at radius 3 is 2.60 bits per heavy atom. The molecule has 8 heteroatoms. The van der Waals surface area contributed by atoms with Gasteiger partial charge in [0.2, 0.25) is 0 Å². The second kappa shape index (κ2) is 3.95. The highest BCUT2D eigenvalue weighted by atomic mass is 19.3. The molecule has 0 radical (unpaired) electrons. The van der Waals surface area contributed by atoms with Gasteiger partial charge in [-0.1, -0.05) is 0 Å². The van der Waals surface area contributed by atoms with Crippen LogP contribution in [-0.4, -0.2) is 21.0 Å². The van der Waals surface area contributed by atoms with Crippen LogP contribution in [0.3, 0.4) is 0 Å². The molecule has 0 saturated carbocycles. The molecular formula is C7H4F2N2O4. The topological polar surface area (TPSA) is 93.3 Å². The molecule has 1 rings (SSSR count). The number of hydrogen-bond donors (Lipinski definition) is 1. The molecular weight excluding hydrogens is 214 g/mol. The zero-order valence-corrected chi connectivity index (χ0v) is 7.05. The van der Waals surface area contributed by atoms with Crippen LogP contribution in [0.15, 0.2) is 12.3 Å². The van der Waals surface area contributed by atoms with Gasteiger partial charge in [-0.25, -0.2) is 13.6 Å². The molecule has 15 heavy (non-hydrogen) atoms. The smallest absolute Gasteiger partial charge is 0.344 e. The molecule has 1 aromatic heterocycles. The molecule has 1 aromatic rings. The van der Waals surface area contributed by atoms with Gasteiger partial charge in [0.25, 0.3) is 12.1 Å². The fraction of sp³-hybridized carbons (Fsp3) is 0.143. The molecule has 1 heterocycles. The monoisotopic (exact) mass is 218 g/mol. The zero-order chi connectivity index (χ0) is 11.6. The Bertz CT molecular complexity index is 421. The van der Waals surface area contributed by atoms with Crippen molar-refractivity contribution < 1.29 is 23.6 Å². The summed E-state index contributed by atoms with van der Waals surface area (Å²) in [6.45, 7) is 0. The summed E-state index contributed by atoms with van der Waals surface area (Å²) < 4.78 is 24.2. The second-order valence-corrected chi connectivity index (χ2v) is 2.49. The Labute approximate surface area is 81.3 Å². The summed E-state index contributed by atoms with van der Waals surface area (Å²) in [5.74, 6) is -1.59. The highest BCUT2D eigenvalue weighted by Gasteiger charge is 2.23. The number of aromatic carboxylic acids is 1. The number of carboxylic acid groups (broad SMARTS) is 1. The van der Waals surface area contributed by atoms with E-state index in [4.69, 9.17) is 5.11 Å². The molecule has 80 valence electrons. The third kappa shape index (κ3) is 2.22. The molecule has 0 unspecified atom stereocenters. The maximum Gasteiger partial charge on any atom is 0.344 e. The van der Waals surface area contributed by atoms with Crippen molar-refractivity contribution in [2.45, 2.75) is 6.43 Å². The molecule has 0 aromatic carbocycles. The van der Waals surface area contributed by atoms with E-state index in [1.54, 1.807) is 0 Å². The summed E-state index contributed by atoms with van der Waals surface area (Å²) in [7, 11) is 0. The van der Waals surface area contributed by atoms with Crippen molar-refractivity contribution in [3.8, 4) is 0 Å². The number of nitro groups is 1. The number of aromatic nitrogens is 1. The number of pyridine rings is 1. The minimum atomic E-state index is -2.98. The molecule has 0 bridgehead atoms. The van der Waals surface area contributed by atoms with Gasteiger partial charge < -0.3 is 5.11 Å². The van der Waals surface area contributed by atoms with Crippen LogP contribution in [0, 0.1) is 10.1 Å². The van der Waals surface area contributed by atoms with Crippen LogP contribution in [0.2, 0.25) is 0 Å². The first-order valence-corrected chi connectivity index (χ1v) is 3.59. The minimum absolute atomic E-state index is 0.452. The molecule has 0 atom stereocenters. The van der Waals surface area contributed by atoms with Crippen molar-refractivity contribution in [1.82, 2.24) is 4.98 Å². The van der Waals surface area contributed by atoms with E-state index >= 15 is 0 Å². The van der Waals surface area contributed by atoms with Gasteiger partial charge in [-0.2, -0.15) is 0 Å². The highest BCUT2D eigenvalue weighted by Crippen LogP contribution is 2.24. The van der Waals surface area contributed by atoms with Gasteiger partial charge in [0.1, 0.15) is 5.69 Å². The second-order valence-electron chi connectivity index (χ2n) is 2.49. The quantitative estimate of drug-likeness (QED) is 0.614. The van der Waals surface area contributed by atoms with Gasteiger partial charge in [0, 0.05) is 12.3 Å². The van der Waals surface area contributed by atoms with Crippen molar-refractivity contribution in [1.29, 1.82) is 0 Å². The predicted molar refractivity (Wildman–Crippen MR) is 42.8 cm³/mol. The maximum absolute atomic E-state index is 12.1. The van der Waals surface area contributed by atoms with Crippen LogP contribution < -0.4 is 0 Å². The van der Waals surface area contributed by atoms with Gasteiger partial charge in [-0.05, 0) is 0 Å².